The van der Waals surface area contributed by atoms with Crippen molar-refractivity contribution >= 4 is 35.2 Å². The molecule has 0 aliphatic heterocycles. The first-order valence-electron chi connectivity index (χ1n) is 12.9. The highest BCUT2D eigenvalue weighted by atomic mass is 16.5. The molecular formula is C27H30B3N5O5. The lowest BCUT2D eigenvalue weighted by molar-refractivity contribution is -0.141. The average Bonchev–Trinajstić information content (AvgIpc) is 2.90. The van der Waals surface area contributed by atoms with Gasteiger partial charge in [0.05, 0.1) is 47.9 Å². The van der Waals surface area contributed by atoms with Gasteiger partial charge in [-0.15, -0.1) is 0 Å². The third-order valence-electron chi connectivity index (χ3n) is 6.41. The Labute approximate surface area is 233 Å². The predicted molar refractivity (Wildman–Crippen MR) is 160 cm³/mol. The minimum atomic E-state index is -1.10. The van der Waals surface area contributed by atoms with Gasteiger partial charge in [-0.1, -0.05) is 41.9 Å². The third-order valence-corrected chi connectivity index (χ3v) is 6.41. The first kappa shape index (κ1) is 28.5. The van der Waals surface area contributed by atoms with E-state index in [1.165, 1.54) is 11.5 Å². The molecule has 0 radical (unpaired) electrons. The maximum atomic E-state index is 13.5. The zero-order chi connectivity index (χ0) is 29.0. The zero-order valence-electron chi connectivity index (χ0n) is 23.2. The summed E-state index contributed by atoms with van der Waals surface area (Å²) in [4.78, 5) is 49.2. The van der Waals surface area contributed by atoms with Crippen molar-refractivity contribution in [2.45, 2.75) is 32.1 Å². The number of nitrogens with zero attached hydrogens (tertiary/aromatic N) is 4. The minimum absolute atomic E-state index is 0.0321. The van der Waals surface area contributed by atoms with E-state index < -0.39 is 23.3 Å². The molecule has 4 rings (SSSR count). The summed E-state index contributed by atoms with van der Waals surface area (Å²) in [7, 11) is 6.35. The molecule has 2 heterocycles. The third kappa shape index (κ3) is 6.91. The average molecular weight is 537 g/mol. The Morgan fingerprint density at radius 1 is 1.02 bits per heavy atom. The molecular weight excluding hydrogens is 507 g/mol. The van der Waals surface area contributed by atoms with Crippen LogP contribution >= 0.6 is 0 Å². The van der Waals surface area contributed by atoms with E-state index in [0.29, 0.717) is 17.2 Å². The molecule has 40 heavy (non-hydrogen) atoms. The van der Waals surface area contributed by atoms with Crippen molar-refractivity contribution in [3.63, 3.8) is 0 Å². The molecule has 13 heteroatoms. The number of benzene rings is 2. The largest absolute Gasteiger partial charge is 0.481 e. The number of nitrogens with one attached hydrogen (secondary N) is 1. The van der Waals surface area contributed by atoms with Crippen LogP contribution in [0.1, 0.15) is 23.7 Å². The second-order valence-electron chi connectivity index (χ2n) is 10.8. The summed E-state index contributed by atoms with van der Waals surface area (Å²) in [5.74, 6) is -0.873. The number of carboxylic acids is 1. The highest BCUT2D eigenvalue weighted by molar-refractivity contribution is 6.58. The quantitative estimate of drug-likeness (QED) is 0.286. The summed E-state index contributed by atoms with van der Waals surface area (Å²) in [5.41, 5.74) is 2.00. The SMILES string of the molecule is BC(B)(B)c1ccc(Cn2c(=O)n(C[C@H](C)C(=O)O)c(=O)[nH]/c2=N\c2ccc(Oc3ccc(C)nc3)cc2)cc1. The molecule has 0 unspecified atom stereocenters. The minimum Gasteiger partial charge on any atom is -0.481 e. The van der Waals surface area contributed by atoms with E-state index in [4.69, 9.17) is 4.74 Å². The molecule has 10 nitrogen and oxygen atoms in total. The molecule has 0 saturated carbocycles. The number of aliphatic carboxylic acids is 1. The van der Waals surface area contributed by atoms with Gasteiger partial charge in [0, 0.05) is 12.2 Å². The lowest BCUT2D eigenvalue weighted by Crippen LogP contribution is -2.51. The Bertz CT molecular complexity index is 1690. The van der Waals surface area contributed by atoms with Gasteiger partial charge in [0.15, 0.2) is 0 Å². The van der Waals surface area contributed by atoms with Gasteiger partial charge in [0.2, 0.25) is 5.62 Å². The number of ether oxygens (including phenoxy) is 1. The number of H-pyrrole nitrogens is 1. The van der Waals surface area contributed by atoms with Crippen molar-refractivity contribution in [3.05, 3.63) is 110 Å². The number of hydrogen-bond donors (Lipinski definition) is 2. The number of rotatable bonds is 9. The molecule has 2 N–H and O–H groups in total. The van der Waals surface area contributed by atoms with Crippen LogP contribution in [0.15, 0.2) is 81.4 Å². The number of pyridine rings is 1. The van der Waals surface area contributed by atoms with E-state index in [0.717, 1.165) is 21.4 Å². The van der Waals surface area contributed by atoms with Crippen molar-refractivity contribution in [1.29, 1.82) is 0 Å². The normalized spacial score (nSPS) is 12.7. The predicted octanol–water partition coefficient (Wildman–Crippen LogP) is -0.155. The maximum absolute atomic E-state index is 13.5. The van der Waals surface area contributed by atoms with Crippen molar-refractivity contribution < 1.29 is 14.6 Å². The lowest BCUT2D eigenvalue weighted by Gasteiger charge is -2.19. The molecule has 2 aromatic heterocycles. The van der Waals surface area contributed by atoms with Gasteiger partial charge < -0.3 is 9.84 Å². The van der Waals surface area contributed by atoms with Crippen molar-refractivity contribution in [3.8, 4) is 11.5 Å². The number of carboxylic acid groups (broad SMARTS) is 1. The van der Waals surface area contributed by atoms with E-state index >= 15 is 0 Å². The topological polar surface area (TPSA) is 132 Å². The lowest BCUT2D eigenvalue weighted by atomic mass is 9.40. The van der Waals surface area contributed by atoms with Crippen molar-refractivity contribution in [2.75, 3.05) is 0 Å². The standard InChI is InChI=1S/C27H30B3N5O5/c1-16(23(36)37)14-35-25(38)33-24(34(26(35)39)15-18-4-6-19(7-5-18)27(28,29)30)32-20-8-11-21(12-9-20)40-22-10-3-17(2)31-13-22/h3-13,16H,14-15,28-30H2,1-2H3,(H,36,37)(H,32,33,38)/t16-/m0/s1. The van der Waals surface area contributed by atoms with Crippen LogP contribution in [0.4, 0.5) is 5.69 Å². The van der Waals surface area contributed by atoms with Crippen LogP contribution in [-0.4, -0.2) is 53.7 Å². The van der Waals surface area contributed by atoms with Crippen LogP contribution in [0.3, 0.4) is 0 Å². The molecule has 0 fully saturated rings. The summed E-state index contributed by atoms with van der Waals surface area (Å²) >= 11 is 0. The second kappa shape index (κ2) is 11.7. The van der Waals surface area contributed by atoms with Gasteiger partial charge >= 0.3 is 17.3 Å². The van der Waals surface area contributed by atoms with E-state index in [2.05, 4.69) is 38.5 Å². The van der Waals surface area contributed by atoms with Crippen LogP contribution in [0.5, 0.6) is 11.5 Å². The molecule has 0 spiro atoms. The highest BCUT2D eigenvalue weighted by Crippen LogP contribution is 2.23. The number of aromatic nitrogens is 4. The Hall–Kier alpha value is -4.54. The van der Waals surface area contributed by atoms with Gasteiger partial charge in [-0.25, -0.2) is 19.1 Å². The summed E-state index contributed by atoms with van der Waals surface area (Å²) < 4.78 is 8.05. The Morgan fingerprint density at radius 3 is 2.25 bits per heavy atom. The summed E-state index contributed by atoms with van der Waals surface area (Å²) in [6.07, 6.45) is 1.63. The van der Waals surface area contributed by atoms with Gasteiger partial charge in [-0.05, 0) is 48.9 Å². The molecule has 2 aromatic carbocycles. The molecule has 1 atom stereocenters. The van der Waals surface area contributed by atoms with Gasteiger partial charge in [-0.2, -0.15) is 0 Å². The smallest absolute Gasteiger partial charge is 0.335 e. The zero-order valence-corrected chi connectivity index (χ0v) is 23.2. The summed E-state index contributed by atoms with van der Waals surface area (Å²) in [6, 6.07) is 18.4. The fourth-order valence-corrected chi connectivity index (χ4v) is 3.95. The van der Waals surface area contributed by atoms with Crippen LogP contribution in [0, 0.1) is 12.8 Å². The summed E-state index contributed by atoms with van der Waals surface area (Å²) in [6.45, 7) is 3.19. The van der Waals surface area contributed by atoms with Crippen LogP contribution in [0.2, 0.25) is 0 Å². The molecule has 0 aliphatic rings. The highest BCUT2D eigenvalue weighted by Gasteiger charge is 2.18. The first-order chi connectivity index (χ1) is 18.9. The van der Waals surface area contributed by atoms with E-state index in [1.54, 1.807) is 30.5 Å². The van der Waals surface area contributed by atoms with Gasteiger partial charge in [-0.3, -0.25) is 19.3 Å². The fraction of sp³-hybridized carbons (Fsp3) is 0.222. The number of aryl methyl sites for hydroxylation is 1. The Balaban J connectivity index is 1.73. The van der Waals surface area contributed by atoms with E-state index in [9.17, 15) is 19.5 Å². The van der Waals surface area contributed by atoms with Crippen LogP contribution < -0.4 is 21.7 Å². The summed E-state index contributed by atoms with van der Waals surface area (Å²) in [5, 5.41) is 9.30. The molecule has 0 saturated heterocycles. The monoisotopic (exact) mass is 537 g/mol. The second-order valence-corrected chi connectivity index (χ2v) is 10.8. The van der Waals surface area contributed by atoms with Crippen LogP contribution in [0.25, 0.3) is 0 Å². The van der Waals surface area contributed by atoms with Gasteiger partial charge in [0.25, 0.3) is 0 Å². The van der Waals surface area contributed by atoms with Crippen LogP contribution in [-0.2, 0) is 23.0 Å². The fourth-order valence-electron chi connectivity index (χ4n) is 3.95. The first-order valence-corrected chi connectivity index (χ1v) is 12.9. The molecule has 0 aliphatic carbocycles. The molecule has 4 aromatic rings. The van der Waals surface area contributed by atoms with Crippen molar-refractivity contribution in [2.24, 2.45) is 10.9 Å². The molecule has 0 bridgehead atoms. The number of hydrogen-bond acceptors (Lipinski definition) is 6. The Kier molecular flexibility index (Phi) is 8.32. The molecule has 0 amide bonds. The molecule has 202 valence electrons. The Morgan fingerprint density at radius 2 is 1.68 bits per heavy atom. The van der Waals surface area contributed by atoms with Gasteiger partial charge in [0.1, 0.15) is 11.5 Å². The number of carbonyl (C=O) groups is 1. The van der Waals surface area contributed by atoms with Crippen molar-refractivity contribution in [1.82, 2.24) is 19.1 Å². The maximum Gasteiger partial charge on any atom is 0.335 e. The number of aromatic amines is 1. The van der Waals surface area contributed by atoms with E-state index in [-0.39, 0.29) is 23.8 Å². The van der Waals surface area contributed by atoms with E-state index in [1.807, 2.05) is 43.3 Å².